The van der Waals surface area contributed by atoms with Crippen molar-refractivity contribution in [1.29, 1.82) is 0 Å². The number of H-pyrrole nitrogens is 1. The maximum absolute atomic E-state index is 12.9. The number of aromatic nitrogens is 1. The first-order valence-corrected chi connectivity index (χ1v) is 9.22. The first-order chi connectivity index (χ1) is 11.2. The number of ether oxygens (including phenoxy) is 1. The molecule has 0 unspecified atom stereocenters. The van der Waals surface area contributed by atoms with E-state index >= 15 is 0 Å². The van der Waals surface area contributed by atoms with Crippen LogP contribution in [0.3, 0.4) is 0 Å². The fraction of sp³-hybridized carbons (Fsp3) is 0.471. The summed E-state index contributed by atoms with van der Waals surface area (Å²) in [6, 6.07) is 3.81. The third-order valence-electron chi connectivity index (χ3n) is 4.04. The maximum Gasteiger partial charge on any atom is 0.256 e. The topological polar surface area (TPSA) is 45.3 Å². The molecule has 23 heavy (non-hydrogen) atoms. The molecule has 1 atom stereocenters. The molecule has 0 spiro atoms. The van der Waals surface area contributed by atoms with Crippen LogP contribution in [0.25, 0.3) is 10.4 Å². The number of hydrogen-bond donors (Lipinski definition) is 1. The van der Waals surface area contributed by atoms with Crippen molar-refractivity contribution in [2.75, 3.05) is 19.7 Å². The molecular formula is C17H21ClN2O2S. The van der Waals surface area contributed by atoms with Crippen molar-refractivity contribution in [3.63, 3.8) is 0 Å². The summed E-state index contributed by atoms with van der Waals surface area (Å²) in [6.45, 7) is 4.33. The highest BCUT2D eigenvalue weighted by molar-refractivity contribution is 7.19. The molecule has 1 aliphatic heterocycles. The molecule has 1 aliphatic rings. The lowest BCUT2D eigenvalue weighted by atomic mass is 10.1. The lowest BCUT2D eigenvalue weighted by Gasteiger charge is -2.32. The van der Waals surface area contributed by atoms with Gasteiger partial charge in [-0.25, -0.2) is 0 Å². The van der Waals surface area contributed by atoms with Gasteiger partial charge in [0.05, 0.1) is 16.0 Å². The number of carbonyl (C=O) groups is 1. The molecule has 1 fully saturated rings. The molecule has 0 bridgehead atoms. The molecule has 3 rings (SSSR count). The highest BCUT2D eigenvalue weighted by Crippen LogP contribution is 2.33. The van der Waals surface area contributed by atoms with Crippen LogP contribution >= 0.6 is 22.9 Å². The van der Waals surface area contributed by atoms with Gasteiger partial charge in [0.25, 0.3) is 5.91 Å². The van der Waals surface area contributed by atoms with Gasteiger partial charge in [-0.3, -0.25) is 4.79 Å². The number of thiophene rings is 1. The number of nitrogens with one attached hydrogen (secondary N) is 1. The van der Waals surface area contributed by atoms with Gasteiger partial charge in [-0.1, -0.05) is 18.5 Å². The Bertz CT molecular complexity index is 667. The zero-order valence-electron chi connectivity index (χ0n) is 13.2. The van der Waals surface area contributed by atoms with E-state index in [4.69, 9.17) is 16.3 Å². The Morgan fingerprint density at radius 2 is 2.35 bits per heavy atom. The third-order valence-corrected chi connectivity index (χ3v) is 5.30. The van der Waals surface area contributed by atoms with Crippen molar-refractivity contribution < 1.29 is 9.53 Å². The normalized spacial score (nSPS) is 18.3. The van der Waals surface area contributed by atoms with Crippen LogP contribution in [0.15, 0.2) is 24.5 Å². The van der Waals surface area contributed by atoms with Crippen LogP contribution in [-0.2, 0) is 4.74 Å². The molecule has 1 N–H and O–H groups in total. The SMILES string of the molecule is CCCO[C@@H]1CCCN(C(=O)c2c[nH]cc2-c2ccc(Cl)s2)C1. The van der Waals surface area contributed by atoms with Crippen LogP contribution in [0.1, 0.15) is 36.5 Å². The minimum absolute atomic E-state index is 0.0653. The Labute approximate surface area is 145 Å². The Hall–Kier alpha value is -1.30. The van der Waals surface area contributed by atoms with Gasteiger partial charge in [-0.05, 0) is 31.4 Å². The van der Waals surface area contributed by atoms with Crippen LogP contribution < -0.4 is 0 Å². The van der Waals surface area contributed by atoms with E-state index in [1.807, 2.05) is 23.2 Å². The number of nitrogens with zero attached hydrogens (tertiary/aromatic N) is 1. The second kappa shape index (κ2) is 7.51. The van der Waals surface area contributed by atoms with Crippen molar-refractivity contribution in [3.8, 4) is 10.4 Å². The van der Waals surface area contributed by atoms with E-state index in [-0.39, 0.29) is 12.0 Å². The lowest BCUT2D eigenvalue weighted by Crippen LogP contribution is -2.43. The summed E-state index contributed by atoms with van der Waals surface area (Å²) >= 11 is 7.51. The molecule has 0 saturated carbocycles. The van der Waals surface area contributed by atoms with Gasteiger partial charge in [0, 0.05) is 42.5 Å². The van der Waals surface area contributed by atoms with E-state index < -0.39 is 0 Å². The van der Waals surface area contributed by atoms with Crippen LogP contribution in [-0.4, -0.2) is 41.6 Å². The summed E-state index contributed by atoms with van der Waals surface area (Å²) in [5.74, 6) is 0.0653. The van der Waals surface area contributed by atoms with Crippen molar-refractivity contribution in [3.05, 3.63) is 34.4 Å². The zero-order valence-corrected chi connectivity index (χ0v) is 14.8. The van der Waals surface area contributed by atoms with Crippen molar-refractivity contribution in [2.45, 2.75) is 32.3 Å². The molecule has 1 amide bonds. The van der Waals surface area contributed by atoms with Gasteiger partial charge >= 0.3 is 0 Å². The molecule has 6 heteroatoms. The molecule has 4 nitrogen and oxygen atoms in total. The van der Waals surface area contributed by atoms with Crippen LogP contribution in [0.4, 0.5) is 0 Å². The standard InChI is InChI=1S/C17H21ClN2O2S/c1-2-8-22-12-4-3-7-20(11-12)17(21)14-10-19-9-13(14)15-5-6-16(18)23-15/h5-6,9-10,12,19H,2-4,7-8,11H2,1H3/t12-/m1/s1. The smallest absolute Gasteiger partial charge is 0.256 e. The number of hydrogen-bond acceptors (Lipinski definition) is 3. The summed E-state index contributed by atoms with van der Waals surface area (Å²) in [5.41, 5.74) is 1.63. The number of carbonyl (C=O) groups excluding carboxylic acids is 1. The summed E-state index contributed by atoms with van der Waals surface area (Å²) in [4.78, 5) is 18.9. The van der Waals surface area contributed by atoms with Gasteiger partial charge in [-0.15, -0.1) is 11.3 Å². The summed E-state index contributed by atoms with van der Waals surface area (Å²) in [5, 5.41) is 0. The largest absolute Gasteiger partial charge is 0.376 e. The Kier molecular flexibility index (Phi) is 5.41. The molecule has 1 saturated heterocycles. The van der Waals surface area contributed by atoms with Crippen molar-refractivity contribution >= 4 is 28.8 Å². The predicted octanol–water partition coefficient (Wildman–Crippen LogP) is 4.43. The number of halogens is 1. The highest BCUT2D eigenvalue weighted by atomic mass is 35.5. The third kappa shape index (κ3) is 3.79. The van der Waals surface area contributed by atoms with Crippen LogP contribution in [0.2, 0.25) is 4.34 Å². The molecule has 0 aromatic carbocycles. The summed E-state index contributed by atoms with van der Waals surface area (Å²) in [7, 11) is 0. The number of likely N-dealkylation sites (tertiary alicyclic amines) is 1. The van der Waals surface area contributed by atoms with E-state index in [2.05, 4.69) is 11.9 Å². The van der Waals surface area contributed by atoms with Crippen molar-refractivity contribution in [1.82, 2.24) is 9.88 Å². The molecule has 3 heterocycles. The summed E-state index contributed by atoms with van der Waals surface area (Å²) in [6.07, 6.45) is 6.83. The monoisotopic (exact) mass is 352 g/mol. The average molecular weight is 353 g/mol. The molecule has 2 aromatic rings. The van der Waals surface area contributed by atoms with Crippen LogP contribution in [0.5, 0.6) is 0 Å². The first kappa shape index (κ1) is 16.6. The molecule has 124 valence electrons. The van der Waals surface area contributed by atoms with E-state index in [1.54, 1.807) is 6.20 Å². The highest BCUT2D eigenvalue weighted by Gasteiger charge is 2.27. The second-order valence-electron chi connectivity index (χ2n) is 5.77. The van der Waals surface area contributed by atoms with Crippen LogP contribution in [0, 0.1) is 0 Å². The van der Waals surface area contributed by atoms with E-state index in [0.29, 0.717) is 12.1 Å². The van der Waals surface area contributed by atoms with Gasteiger partial charge in [-0.2, -0.15) is 0 Å². The van der Waals surface area contributed by atoms with E-state index in [9.17, 15) is 4.79 Å². The van der Waals surface area contributed by atoms with Gasteiger partial charge in [0.15, 0.2) is 0 Å². The van der Waals surface area contributed by atoms with Gasteiger partial charge < -0.3 is 14.6 Å². The molecular weight excluding hydrogens is 332 g/mol. The van der Waals surface area contributed by atoms with Crippen molar-refractivity contribution in [2.24, 2.45) is 0 Å². The Morgan fingerprint density at radius 3 is 3.09 bits per heavy atom. The second-order valence-corrected chi connectivity index (χ2v) is 7.49. The minimum Gasteiger partial charge on any atom is -0.376 e. The molecule has 0 radical (unpaired) electrons. The fourth-order valence-electron chi connectivity index (χ4n) is 2.92. The van der Waals surface area contributed by atoms with Gasteiger partial charge in [0.1, 0.15) is 0 Å². The van der Waals surface area contributed by atoms with Gasteiger partial charge in [0.2, 0.25) is 0 Å². The number of piperidine rings is 1. The summed E-state index contributed by atoms with van der Waals surface area (Å²) < 4.78 is 6.56. The molecule has 0 aliphatic carbocycles. The Balaban J connectivity index is 1.74. The van der Waals surface area contributed by atoms with E-state index in [1.165, 1.54) is 11.3 Å². The minimum atomic E-state index is 0.0653. The number of amides is 1. The Morgan fingerprint density at radius 1 is 1.48 bits per heavy atom. The molecule has 2 aromatic heterocycles. The number of rotatable bonds is 5. The quantitative estimate of drug-likeness (QED) is 0.865. The lowest BCUT2D eigenvalue weighted by molar-refractivity contribution is 0.00214. The fourth-order valence-corrected chi connectivity index (χ4v) is 3.99. The maximum atomic E-state index is 12.9. The first-order valence-electron chi connectivity index (χ1n) is 8.02. The average Bonchev–Trinajstić information content (AvgIpc) is 3.21. The van der Waals surface area contributed by atoms with E-state index in [0.717, 1.165) is 47.2 Å². The zero-order chi connectivity index (χ0) is 16.2. The number of aromatic amines is 1. The predicted molar refractivity (Wildman–Crippen MR) is 94.3 cm³/mol.